The summed E-state index contributed by atoms with van der Waals surface area (Å²) >= 11 is 12.1. The first-order chi connectivity index (χ1) is 13.9. The number of carbonyl (C=O) groups excluding carboxylic acids is 1. The topological polar surface area (TPSA) is 57.7 Å². The van der Waals surface area contributed by atoms with Gasteiger partial charge in [-0.3, -0.25) is 4.79 Å². The number of hydrogen-bond acceptors (Lipinski definition) is 3. The largest absolute Gasteiger partial charge is 0.338 e. The van der Waals surface area contributed by atoms with Crippen LogP contribution in [0.3, 0.4) is 0 Å². The zero-order chi connectivity index (χ0) is 20.6. The Kier molecular flexibility index (Phi) is 5.89. The molecule has 0 saturated carbocycles. The second-order valence-electron chi connectivity index (χ2n) is 7.56. The van der Waals surface area contributed by atoms with Gasteiger partial charge < -0.3 is 4.90 Å². The predicted octanol–water partition coefficient (Wildman–Crippen LogP) is 3.98. The number of piperidine rings is 1. The highest BCUT2D eigenvalue weighted by molar-refractivity contribution is 7.89. The maximum absolute atomic E-state index is 13.2. The van der Waals surface area contributed by atoms with Gasteiger partial charge in [0.05, 0.1) is 10.9 Å². The number of benzene rings is 2. The van der Waals surface area contributed by atoms with Gasteiger partial charge in [-0.15, -0.1) is 0 Å². The van der Waals surface area contributed by atoms with Crippen LogP contribution < -0.4 is 0 Å². The summed E-state index contributed by atoms with van der Waals surface area (Å²) < 4.78 is 27.6. The van der Waals surface area contributed by atoms with Crippen molar-refractivity contribution >= 4 is 39.1 Å². The fourth-order valence-corrected chi connectivity index (χ4v) is 6.38. The Bertz CT molecular complexity index is 1040. The van der Waals surface area contributed by atoms with Crippen molar-refractivity contribution in [2.75, 3.05) is 19.6 Å². The summed E-state index contributed by atoms with van der Waals surface area (Å²) in [6, 6.07) is 12.5. The average molecular weight is 453 g/mol. The van der Waals surface area contributed by atoms with E-state index in [2.05, 4.69) is 6.07 Å². The zero-order valence-corrected chi connectivity index (χ0v) is 18.2. The van der Waals surface area contributed by atoms with Gasteiger partial charge in [0.15, 0.2) is 0 Å². The van der Waals surface area contributed by atoms with Crippen LogP contribution in [0.25, 0.3) is 0 Å². The minimum atomic E-state index is -3.81. The molecule has 8 heteroatoms. The summed E-state index contributed by atoms with van der Waals surface area (Å²) in [5.74, 6) is -0.321. The molecule has 1 amide bonds. The third-order valence-electron chi connectivity index (χ3n) is 5.69. The van der Waals surface area contributed by atoms with Crippen molar-refractivity contribution in [2.45, 2.75) is 30.7 Å². The first-order valence-corrected chi connectivity index (χ1v) is 11.9. The van der Waals surface area contributed by atoms with Crippen LogP contribution in [-0.2, 0) is 27.8 Å². The molecule has 0 spiro atoms. The van der Waals surface area contributed by atoms with E-state index < -0.39 is 10.0 Å². The molecule has 1 fully saturated rings. The highest BCUT2D eigenvalue weighted by atomic mass is 35.5. The molecule has 1 atom stereocenters. The molecule has 2 aromatic carbocycles. The van der Waals surface area contributed by atoms with E-state index in [-0.39, 0.29) is 28.3 Å². The molecule has 0 aliphatic carbocycles. The fourth-order valence-electron chi connectivity index (χ4n) is 4.12. The third kappa shape index (κ3) is 4.17. The van der Waals surface area contributed by atoms with Crippen LogP contribution in [0.15, 0.2) is 47.4 Å². The lowest BCUT2D eigenvalue weighted by atomic mass is 9.95. The summed E-state index contributed by atoms with van der Waals surface area (Å²) in [5, 5.41) is 0.445. The van der Waals surface area contributed by atoms with Crippen molar-refractivity contribution in [3.8, 4) is 0 Å². The molecule has 0 N–H and O–H groups in total. The molecule has 29 heavy (non-hydrogen) atoms. The number of sulfonamides is 1. The SMILES string of the molecule is O=C([C@@H]1CCCN(S(=O)(=O)c2cc(Cl)ccc2Cl)C1)N1CCc2ccccc2C1. The number of halogens is 2. The van der Waals surface area contributed by atoms with Crippen LogP contribution in [0, 0.1) is 5.92 Å². The molecular formula is C21H22Cl2N2O3S. The first-order valence-electron chi connectivity index (χ1n) is 9.67. The van der Waals surface area contributed by atoms with E-state index in [1.54, 1.807) is 6.07 Å². The lowest BCUT2D eigenvalue weighted by molar-refractivity contribution is -0.137. The number of carbonyl (C=O) groups is 1. The Morgan fingerprint density at radius 2 is 1.79 bits per heavy atom. The van der Waals surface area contributed by atoms with Gasteiger partial charge in [0.2, 0.25) is 15.9 Å². The number of amides is 1. The van der Waals surface area contributed by atoms with Crippen LogP contribution in [0.2, 0.25) is 10.0 Å². The van der Waals surface area contributed by atoms with Crippen molar-refractivity contribution in [3.63, 3.8) is 0 Å². The van der Waals surface area contributed by atoms with Gasteiger partial charge in [-0.05, 0) is 48.6 Å². The van der Waals surface area contributed by atoms with E-state index in [1.807, 2.05) is 23.1 Å². The molecule has 5 nitrogen and oxygen atoms in total. The summed E-state index contributed by atoms with van der Waals surface area (Å²) in [7, 11) is -3.81. The Balaban J connectivity index is 1.51. The molecule has 0 aromatic heterocycles. The van der Waals surface area contributed by atoms with Crippen molar-refractivity contribution in [1.29, 1.82) is 0 Å². The Hall–Kier alpha value is -1.60. The van der Waals surface area contributed by atoms with E-state index in [0.717, 1.165) is 12.0 Å². The van der Waals surface area contributed by atoms with Crippen molar-refractivity contribution in [3.05, 3.63) is 63.6 Å². The quantitative estimate of drug-likeness (QED) is 0.707. The molecule has 2 aliphatic heterocycles. The Morgan fingerprint density at radius 3 is 2.59 bits per heavy atom. The number of nitrogens with zero attached hydrogens (tertiary/aromatic N) is 2. The minimum Gasteiger partial charge on any atom is -0.338 e. The average Bonchev–Trinajstić information content (AvgIpc) is 2.74. The van der Waals surface area contributed by atoms with Crippen LogP contribution in [0.4, 0.5) is 0 Å². The van der Waals surface area contributed by atoms with Gasteiger partial charge in [-0.1, -0.05) is 47.5 Å². The lowest BCUT2D eigenvalue weighted by Crippen LogP contribution is -2.47. The molecule has 0 radical (unpaired) electrons. The van der Waals surface area contributed by atoms with Crippen LogP contribution in [-0.4, -0.2) is 43.2 Å². The maximum Gasteiger partial charge on any atom is 0.244 e. The molecule has 2 aromatic rings. The monoisotopic (exact) mass is 452 g/mol. The van der Waals surface area contributed by atoms with Gasteiger partial charge in [0.1, 0.15) is 4.90 Å². The van der Waals surface area contributed by atoms with Crippen molar-refractivity contribution < 1.29 is 13.2 Å². The second kappa shape index (κ2) is 8.26. The van der Waals surface area contributed by atoms with Gasteiger partial charge in [0, 0.05) is 31.2 Å². The van der Waals surface area contributed by atoms with Crippen molar-refractivity contribution in [1.82, 2.24) is 9.21 Å². The van der Waals surface area contributed by atoms with Gasteiger partial charge in [-0.2, -0.15) is 4.31 Å². The van der Waals surface area contributed by atoms with E-state index >= 15 is 0 Å². The summed E-state index contributed by atoms with van der Waals surface area (Å²) in [6.45, 7) is 1.79. The maximum atomic E-state index is 13.2. The van der Waals surface area contributed by atoms with Gasteiger partial charge in [0.25, 0.3) is 0 Å². The molecule has 0 unspecified atom stereocenters. The van der Waals surface area contributed by atoms with Crippen LogP contribution in [0.5, 0.6) is 0 Å². The van der Waals surface area contributed by atoms with E-state index in [9.17, 15) is 13.2 Å². The summed E-state index contributed by atoms with van der Waals surface area (Å²) in [5.41, 5.74) is 2.44. The van der Waals surface area contributed by atoms with Crippen LogP contribution in [0.1, 0.15) is 24.0 Å². The molecular weight excluding hydrogens is 431 g/mol. The normalized spacial score (nSPS) is 20.3. The number of fused-ring (bicyclic) bond motifs is 1. The highest BCUT2D eigenvalue weighted by Crippen LogP contribution is 2.31. The highest BCUT2D eigenvalue weighted by Gasteiger charge is 2.36. The smallest absolute Gasteiger partial charge is 0.244 e. The second-order valence-corrected chi connectivity index (χ2v) is 10.3. The van der Waals surface area contributed by atoms with E-state index in [0.29, 0.717) is 37.5 Å². The van der Waals surface area contributed by atoms with E-state index in [4.69, 9.17) is 23.2 Å². The molecule has 154 valence electrons. The third-order valence-corrected chi connectivity index (χ3v) is 8.27. The molecule has 2 heterocycles. The van der Waals surface area contributed by atoms with Gasteiger partial charge >= 0.3 is 0 Å². The number of hydrogen-bond donors (Lipinski definition) is 0. The first kappa shape index (κ1) is 20.7. The molecule has 4 rings (SSSR count). The van der Waals surface area contributed by atoms with Gasteiger partial charge in [-0.25, -0.2) is 8.42 Å². The molecule has 2 aliphatic rings. The zero-order valence-electron chi connectivity index (χ0n) is 15.9. The van der Waals surface area contributed by atoms with Crippen molar-refractivity contribution in [2.24, 2.45) is 5.92 Å². The standard InChI is InChI=1S/C21H22Cl2N2O3S/c22-18-7-8-19(23)20(12-18)29(27,28)25-10-3-6-17(14-25)21(26)24-11-9-15-4-1-2-5-16(15)13-24/h1-2,4-5,7-8,12,17H,3,6,9-11,13-14H2/t17-/m1/s1. The lowest BCUT2D eigenvalue weighted by Gasteiger charge is -2.36. The van der Waals surface area contributed by atoms with Crippen LogP contribution >= 0.6 is 23.2 Å². The Morgan fingerprint density at radius 1 is 1.03 bits per heavy atom. The molecule has 1 saturated heterocycles. The Labute approximate surface area is 181 Å². The summed E-state index contributed by atoms with van der Waals surface area (Å²) in [6.07, 6.45) is 2.15. The van der Waals surface area contributed by atoms with E-state index in [1.165, 1.54) is 22.0 Å². The number of rotatable bonds is 3. The molecule has 0 bridgehead atoms. The summed E-state index contributed by atoms with van der Waals surface area (Å²) in [4.78, 5) is 15.0. The minimum absolute atomic E-state index is 0.00772. The fraction of sp³-hybridized carbons (Fsp3) is 0.381. The predicted molar refractivity (Wildman–Crippen MR) is 114 cm³/mol.